The molecule has 2 aliphatic rings. The van der Waals surface area contributed by atoms with Gasteiger partial charge < -0.3 is 29.9 Å². The van der Waals surface area contributed by atoms with Crippen LogP contribution in [0.25, 0.3) is 0 Å². The van der Waals surface area contributed by atoms with Gasteiger partial charge in [-0.25, -0.2) is 4.79 Å². The van der Waals surface area contributed by atoms with Crippen molar-refractivity contribution in [2.75, 3.05) is 13.2 Å². The first kappa shape index (κ1) is 35.8. The zero-order valence-corrected chi connectivity index (χ0v) is 28.3. The van der Waals surface area contributed by atoms with Gasteiger partial charge in [-0.05, 0) is 77.4 Å². The van der Waals surface area contributed by atoms with Crippen LogP contribution in [0.3, 0.4) is 0 Å². The predicted octanol–water partition coefficient (Wildman–Crippen LogP) is 5.06. The highest BCUT2D eigenvalue weighted by Crippen LogP contribution is 2.41. The minimum atomic E-state index is -2.14. The highest BCUT2D eigenvalue weighted by Gasteiger charge is 2.46. The van der Waals surface area contributed by atoms with E-state index in [0.717, 1.165) is 25.7 Å². The van der Waals surface area contributed by atoms with Gasteiger partial charge in [0.1, 0.15) is 17.7 Å². The van der Waals surface area contributed by atoms with Crippen LogP contribution in [0.5, 0.6) is 0 Å². The minimum Gasteiger partial charge on any atom is -0.466 e. The monoisotopic (exact) mass is 609 g/mol. The van der Waals surface area contributed by atoms with Crippen LogP contribution < -0.4 is 11.1 Å². The number of esters is 1. The maximum absolute atomic E-state index is 13.8. The van der Waals surface area contributed by atoms with Crippen molar-refractivity contribution >= 4 is 32.2 Å². The molecule has 0 aromatic carbocycles. The summed E-state index contributed by atoms with van der Waals surface area (Å²) in [6.45, 7) is 18.5. The molecule has 3 N–H and O–H groups in total. The highest BCUT2D eigenvalue weighted by molar-refractivity contribution is 6.74. The average Bonchev–Trinajstić information content (AvgIpc) is 3.50. The predicted molar refractivity (Wildman–Crippen MR) is 165 cm³/mol. The Hall–Kier alpha value is -2.40. The number of nitrogens with two attached hydrogens (primary N) is 1. The fraction of sp³-hybridized carbons (Fsp3) is 0.806. The fourth-order valence-corrected chi connectivity index (χ4v) is 6.26. The number of carbonyl (C=O) groups is 4. The summed E-state index contributed by atoms with van der Waals surface area (Å²) < 4.78 is 17.0. The third-order valence-electron chi connectivity index (χ3n) is 8.31. The third-order valence-corrected chi connectivity index (χ3v) is 12.8. The van der Waals surface area contributed by atoms with Crippen molar-refractivity contribution in [3.05, 3.63) is 12.2 Å². The van der Waals surface area contributed by atoms with Gasteiger partial charge in [0.25, 0.3) is 0 Å². The molecule has 1 saturated carbocycles. The summed E-state index contributed by atoms with van der Waals surface area (Å²) in [5.74, 6) is -0.770. The lowest BCUT2D eigenvalue weighted by molar-refractivity contribution is -0.144. The average molecular weight is 610 g/mol. The molecule has 0 unspecified atom stereocenters. The summed E-state index contributed by atoms with van der Waals surface area (Å²) in [6.07, 6.45) is 8.17. The Balaban J connectivity index is 1.99. The van der Waals surface area contributed by atoms with Gasteiger partial charge in [-0.1, -0.05) is 45.8 Å². The van der Waals surface area contributed by atoms with Gasteiger partial charge in [-0.2, -0.15) is 0 Å². The van der Waals surface area contributed by atoms with Crippen molar-refractivity contribution in [2.24, 2.45) is 17.6 Å². The van der Waals surface area contributed by atoms with E-state index < -0.39 is 38.0 Å². The number of carbonyl (C=O) groups excluding carboxylic acids is 4. The zero-order valence-electron chi connectivity index (χ0n) is 27.3. The van der Waals surface area contributed by atoms with E-state index in [4.69, 9.17) is 19.6 Å². The number of nitrogens with zero attached hydrogens (tertiary/aromatic N) is 1. The van der Waals surface area contributed by atoms with Crippen molar-refractivity contribution in [1.82, 2.24) is 10.2 Å². The minimum absolute atomic E-state index is 0.00593. The van der Waals surface area contributed by atoms with Gasteiger partial charge in [-0.3, -0.25) is 14.4 Å². The number of allylic oxidation sites excluding steroid dienone is 2. The number of ether oxygens (including phenoxy) is 2. The summed E-state index contributed by atoms with van der Waals surface area (Å²) >= 11 is 0. The number of amides is 3. The van der Waals surface area contributed by atoms with Gasteiger partial charge in [0.05, 0.1) is 18.6 Å². The molecular formula is C31H55N3O7Si. The molecule has 5 atom stereocenters. The number of hydrogen-bond donors (Lipinski definition) is 2. The standard InChI is InChI=1S/C31H55N3O7Si/c1-10-39-28(37)23-18-21(23)16-14-12-11-13-15-17-24(33-29(38)40-30(2,3)4)27(36)34-20-22(19-25(34)26(32)35)41-42(8,9)31(5,6)7/h14,16,21-25H,10-13,15,17-20H2,1-9H3,(H2,32,35)(H,33,38)/b16-14-/t21-,22-,23+,24+,25+/m1/s1. The highest BCUT2D eigenvalue weighted by atomic mass is 28.4. The normalized spacial score (nSPS) is 23.5. The maximum Gasteiger partial charge on any atom is 0.408 e. The first-order valence-corrected chi connectivity index (χ1v) is 18.4. The number of unbranched alkanes of at least 4 members (excludes halogenated alkanes) is 3. The lowest BCUT2D eigenvalue weighted by Gasteiger charge is -2.38. The summed E-state index contributed by atoms with van der Waals surface area (Å²) in [4.78, 5) is 52.1. The molecule has 1 aliphatic heterocycles. The number of alkyl carbamates (subject to hydrolysis) is 1. The van der Waals surface area contributed by atoms with Gasteiger partial charge >= 0.3 is 12.1 Å². The summed E-state index contributed by atoms with van der Waals surface area (Å²) in [6, 6.07) is -1.64. The second-order valence-corrected chi connectivity index (χ2v) is 18.9. The molecule has 0 spiro atoms. The van der Waals surface area contributed by atoms with Gasteiger partial charge in [-0.15, -0.1) is 0 Å². The zero-order chi connectivity index (χ0) is 31.9. The molecule has 2 fully saturated rings. The molecule has 0 bridgehead atoms. The van der Waals surface area contributed by atoms with E-state index in [9.17, 15) is 19.2 Å². The van der Waals surface area contributed by atoms with Crippen LogP contribution in [0.2, 0.25) is 18.1 Å². The Bertz CT molecular complexity index is 986. The van der Waals surface area contributed by atoms with Crippen molar-refractivity contribution < 1.29 is 33.1 Å². The molecule has 3 amide bonds. The summed E-state index contributed by atoms with van der Waals surface area (Å²) in [7, 11) is -2.14. The molecule has 0 aromatic heterocycles. The topological polar surface area (TPSA) is 137 Å². The molecular weight excluding hydrogens is 554 g/mol. The summed E-state index contributed by atoms with van der Waals surface area (Å²) in [5.41, 5.74) is 5.02. The van der Waals surface area contributed by atoms with Crippen LogP contribution >= 0.6 is 0 Å². The summed E-state index contributed by atoms with van der Waals surface area (Å²) in [5, 5.41) is 2.73. The lowest BCUT2D eigenvalue weighted by atomic mass is 10.0. The second-order valence-electron chi connectivity index (χ2n) is 14.2. The van der Waals surface area contributed by atoms with Crippen molar-refractivity contribution in [1.29, 1.82) is 0 Å². The Kier molecular flexibility index (Phi) is 12.7. The first-order valence-electron chi connectivity index (χ1n) is 15.5. The van der Waals surface area contributed by atoms with E-state index in [2.05, 4.69) is 51.3 Å². The second kappa shape index (κ2) is 14.9. The Labute approximate surface area is 253 Å². The van der Waals surface area contributed by atoms with Crippen molar-refractivity contribution in [3.8, 4) is 0 Å². The largest absolute Gasteiger partial charge is 0.466 e. The number of likely N-dealkylation sites (tertiary alicyclic amines) is 1. The Morgan fingerprint density at radius 1 is 1.05 bits per heavy atom. The van der Waals surface area contributed by atoms with Crippen LogP contribution in [0.4, 0.5) is 4.79 Å². The molecule has 2 rings (SSSR count). The molecule has 0 aromatic rings. The molecule has 1 aliphatic carbocycles. The van der Waals surface area contributed by atoms with E-state index in [1.165, 1.54) is 4.90 Å². The smallest absolute Gasteiger partial charge is 0.408 e. The van der Waals surface area contributed by atoms with E-state index in [1.54, 1.807) is 20.8 Å². The van der Waals surface area contributed by atoms with Crippen molar-refractivity contribution in [2.45, 2.75) is 135 Å². The van der Waals surface area contributed by atoms with Gasteiger partial charge in [0.2, 0.25) is 11.8 Å². The molecule has 10 nitrogen and oxygen atoms in total. The Morgan fingerprint density at radius 2 is 1.71 bits per heavy atom. The maximum atomic E-state index is 13.8. The molecule has 0 radical (unpaired) electrons. The van der Waals surface area contributed by atoms with E-state index in [0.29, 0.717) is 25.9 Å². The van der Waals surface area contributed by atoms with Crippen LogP contribution in [0.15, 0.2) is 12.2 Å². The number of rotatable bonds is 14. The number of hydrogen-bond acceptors (Lipinski definition) is 7. The van der Waals surface area contributed by atoms with Gasteiger partial charge in [0.15, 0.2) is 8.32 Å². The van der Waals surface area contributed by atoms with Crippen molar-refractivity contribution in [3.63, 3.8) is 0 Å². The lowest BCUT2D eigenvalue weighted by Crippen LogP contribution is -2.53. The van der Waals surface area contributed by atoms with Crippen LogP contribution in [0.1, 0.15) is 93.4 Å². The first-order chi connectivity index (χ1) is 19.4. The fourth-order valence-electron chi connectivity index (χ4n) is 4.90. The number of primary amides is 1. The molecule has 1 heterocycles. The van der Waals surface area contributed by atoms with Crippen LogP contribution in [-0.4, -0.2) is 74.0 Å². The van der Waals surface area contributed by atoms with Crippen LogP contribution in [-0.2, 0) is 28.3 Å². The van der Waals surface area contributed by atoms with Crippen LogP contribution in [0, 0.1) is 11.8 Å². The molecule has 240 valence electrons. The molecule has 11 heteroatoms. The van der Waals surface area contributed by atoms with E-state index in [-0.39, 0.29) is 41.4 Å². The Morgan fingerprint density at radius 3 is 2.29 bits per heavy atom. The quantitative estimate of drug-likeness (QED) is 0.122. The third kappa shape index (κ3) is 11.0. The number of nitrogens with one attached hydrogen (secondary N) is 1. The van der Waals surface area contributed by atoms with E-state index >= 15 is 0 Å². The molecule has 1 saturated heterocycles. The SMILES string of the molecule is CCOC(=O)[C@H]1C[C@H]1/C=C\CCCCC[C@H](NC(=O)OC(C)(C)C)C(=O)N1C[C@H](O[Si](C)(C)C(C)(C)C)C[C@H]1C(N)=O. The molecule has 42 heavy (non-hydrogen) atoms. The van der Waals surface area contributed by atoms with E-state index in [1.807, 2.05) is 6.92 Å². The van der Waals surface area contributed by atoms with Gasteiger partial charge in [0, 0.05) is 13.0 Å².